The predicted molar refractivity (Wildman–Crippen MR) is 71.8 cm³/mol. The third-order valence-corrected chi connectivity index (χ3v) is 3.41. The van der Waals surface area contributed by atoms with Crippen molar-refractivity contribution in [2.75, 3.05) is 5.32 Å². The van der Waals surface area contributed by atoms with Crippen LogP contribution in [0.3, 0.4) is 0 Å². The Morgan fingerprint density at radius 1 is 1.24 bits per heavy atom. The number of rotatable bonds is 4. The molecule has 0 radical (unpaired) electrons. The average Bonchev–Trinajstić information content (AvgIpc) is 2.25. The molecule has 1 rings (SSSR count). The van der Waals surface area contributed by atoms with Crippen LogP contribution in [0.15, 0.2) is 12.1 Å². The Morgan fingerprint density at radius 2 is 1.76 bits per heavy atom. The van der Waals surface area contributed by atoms with Gasteiger partial charge in [0.2, 0.25) is 0 Å². The standard InChI is InChI=1S/C13H18F3N3O2/c1-11(2,12(3,4)21)19-10-7(9(17)20)5-6-8(18-10)13(14,15)16/h5-6,21H,1-4H3,(H2,17,20)(H,18,19). The zero-order valence-corrected chi connectivity index (χ0v) is 12.2. The monoisotopic (exact) mass is 305 g/mol. The smallest absolute Gasteiger partial charge is 0.388 e. The van der Waals surface area contributed by atoms with Crippen molar-refractivity contribution in [3.8, 4) is 0 Å². The number of amides is 1. The number of pyridine rings is 1. The molecule has 1 aromatic rings. The summed E-state index contributed by atoms with van der Waals surface area (Å²) in [7, 11) is 0. The molecule has 0 aliphatic heterocycles. The lowest BCUT2D eigenvalue weighted by Gasteiger charge is -2.38. The van der Waals surface area contributed by atoms with Crippen molar-refractivity contribution in [1.29, 1.82) is 0 Å². The van der Waals surface area contributed by atoms with Crippen molar-refractivity contribution in [3.05, 3.63) is 23.4 Å². The largest absolute Gasteiger partial charge is 0.433 e. The molecule has 0 unspecified atom stereocenters. The number of primary amides is 1. The second-order valence-corrected chi connectivity index (χ2v) is 5.76. The van der Waals surface area contributed by atoms with Gasteiger partial charge in [0.1, 0.15) is 11.5 Å². The lowest BCUT2D eigenvalue weighted by molar-refractivity contribution is -0.141. The summed E-state index contributed by atoms with van der Waals surface area (Å²) >= 11 is 0. The summed E-state index contributed by atoms with van der Waals surface area (Å²) in [5.74, 6) is -1.23. The van der Waals surface area contributed by atoms with Gasteiger partial charge in [-0.3, -0.25) is 4.79 Å². The van der Waals surface area contributed by atoms with Crippen LogP contribution in [0.25, 0.3) is 0 Å². The second kappa shape index (κ2) is 5.18. The highest BCUT2D eigenvalue weighted by molar-refractivity contribution is 5.97. The summed E-state index contributed by atoms with van der Waals surface area (Å²) in [6, 6.07) is 1.64. The maximum Gasteiger partial charge on any atom is 0.433 e. The Hall–Kier alpha value is -1.83. The summed E-state index contributed by atoms with van der Waals surface area (Å²) in [5.41, 5.74) is 1.48. The van der Waals surface area contributed by atoms with E-state index in [2.05, 4.69) is 10.3 Å². The number of anilines is 1. The van der Waals surface area contributed by atoms with E-state index in [9.17, 15) is 23.1 Å². The van der Waals surface area contributed by atoms with Crippen molar-refractivity contribution in [2.45, 2.75) is 45.0 Å². The van der Waals surface area contributed by atoms with Gasteiger partial charge in [0.15, 0.2) is 0 Å². The third-order valence-electron chi connectivity index (χ3n) is 3.41. The summed E-state index contributed by atoms with van der Waals surface area (Å²) in [5, 5.41) is 12.7. The van der Waals surface area contributed by atoms with Gasteiger partial charge in [0, 0.05) is 0 Å². The Morgan fingerprint density at radius 3 is 2.14 bits per heavy atom. The van der Waals surface area contributed by atoms with Crippen molar-refractivity contribution in [2.24, 2.45) is 5.73 Å². The molecule has 0 saturated carbocycles. The van der Waals surface area contributed by atoms with Crippen LogP contribution >= 0.6 is 0 Å². The van der Waals surface area contributed by atoms with E-state index in [4.69, 9.17) is 5.73 Å². The first kappa shape index (κ1) is 17.2. The molecule has 1 heterocycles. The maximum absolute atomic E-state index is 12.7. The van der Waals surface area contributed by atoms with E-state index in [1.54, 1.807) is 13.8 Å². The molecule has 0 aliphatic carbocycles. The first-order valence-electron chi connectivity index (χ1n) is 6.14. The molecule has 118 valence electrons. The van der Waals surface area contributed by atoms with E-state index >= 15 is 0 Å². The average molecular weight is 305 g/mol. The molecule has 0 aromatic carbocycles. The van der Waals surface area contributed by atoms with E-state index in [0.717, 1.165) is 6.07 Å². The molecule has 4 N–H and O–H groups in total. The third kappa shape index (κ3) is 3.84. The molecule has 0 fully saturated rings. The lowest BCUT2D eigenvalue weighted by atomic mass is 9.86. The van der Waals surface area contributed by atoms with Gasteiger partial charge in [0.05, 0.1) is 16.7 Å². The van der Waals surface area contributed by atoms with E-state index in [1.807, 2.05) is 0 Å². The molecule has 21 heavy (non-hydrogen) atoms. The fourth-order valence-corrected chi connectivity index (χ4v) is 1.36. The van der Waals surface area contributed by atoms with E-state index in [1.165, 1.54) is 13.8 Å². The van der Waals surface area contributed by atoms with Gasteiger partial charge >= 0.3 is 6.18 Å². The summed E-state index contributed by atoms with van der Waals surface area (Å²) < 4.78 is 38.1. The highest BCUT2D eigenvalue weighted by Gasteiger charge is 2.38. The van der Waals surface area contributed by atoms with Gasteiger partial charge < -0.3 is 16.2 Å². The number of nitrogens with zero attached hydrogens (tertiary/aromatic N) is 1. The molecular formula is C13H18F3N3O2. The van der Waals surface area contributed by atoms with Crippen LogP contribution in [0, 0.1) is 0 Å². The summed E-state index contributed by atoms with van der Waals surface area (Å²) in [6.07, 6.45) is -4.65. The van der Waals surface area contributed by atoms with Crippen molar-refractivity contribution in [3.63, 3.8) is 0 Å². The number of nitrogens with two attached hydrogens (primary N) is 1. The van der Waals surface area contributed by atoms with Crippen molar-refractivity contribution in [1.82, 2.24) is 4.98 Å². The molecule has 0 saturated heterocycles. The zero-order valence-electron chi connectivity index (χ0n) is 12.2. The zero-order chi connectivity index (χ0) is 16.6. The molecule has 5 nitrogen and oxygen atoms in total. The van der Waals surface area contributed by atoms with Crippen LogP contribution in [0.2, 0.25) is 0 Å². The Kier molecular flexibility index (Phi) is 4.24. The van der Waals surface area contributed by atoms with Crippen LogP contribution in [0.4, 0.5) is 19.0 Å². The van der Waals surface area contributed by atoms with E-state index in [-0.39, 0.29) is 11.4 Å². The van der Waals surface area contributed by atoms with E-state index < -0.39 is 28.9 Å². The molecule has 1 aromatic heterocycles. The molecule has 8 heteroatoms. The van der Waals surface area contributed by atoms with Crippen LogP contribution in [-0.2, 0) is 6.18 Å². The Labute approximate surface area is 120 Å². The number of nitrogens with one attached hydrogen (secondary N) is 1. The van der Waals surface area contributed by atoms with Crippen LogP contribution in [0.1, 0.15) is 43.7 Å². The number of carbonyl (C=O) groups excluding carboxylic acids is 1. The van der Waals surface area contributed by atoms with Gasteiger partial charge in [-0.25, -0.2) is 4.98 Å². The number of halogens is 3. The first-order chi connectivity index (χ1) is 9.25. The molecule has 0 spiro atoms. The Balaban J connectivity index is 3.35. The van der Waals surface area contributed by atoms with Gasteiger partial charge in [-0.2, -0.15) is 13.2 Å². The van der Waals surface area contributed by atoms with Crippen LogP contribution < -0.4 is 11.1 Å². The van der Waals surface area contributed by atoms with Gasteiger partial charge in [-0.15, -0.1) is 0 Å². The minimum atomic E-state index is -4.65. The highest BCUT2D eigenvalue weighted by atomic mass is 19.4. The number of aliphatic hydroxyl groups is 1. The number of carbonyl (C=O) groups is 1. The van der Waals surface area contributed by atoms with E-state index in [0.29, 0.717) is 6.07 Å². The first-order valence-corrected chi connectivity index (χ1v) is 6.14. The number of hydrogen-bond acceptors (Lipinski definition) is 4. The summed E-state index contributed by atoms with van der Waals surface area (Å²) in [6.45, 7) is 6.11. The fraction of sp³-hybridized carbons (Fsp3) is 0.538. The topological polar surface area (TPSA) is 88.2 Å². The molecule has 0 atom stereocenters. The minimum absolute atomic E-state index is 0.180. The van der Waals surface area contributed by atoms with Gasteiger partial charge in [-0.05, 0) is 39.8 Å². The molecule has 0 aliphatic rings. The lowest BCUT2D eigenvalue weighted by Crippen LogP contribution is -2.51. The fourth-order valence-electron chi connectivity index (χ4n) is 1.36. The van der Waals surface area contributed by atoms with Crippen molar-refractivity contribution < 1.29 is 23.1 Å². The number of aromatic nitrogens is 1. The van der Waals surface area contributed by atoms with Crippen LogP contribution in [0.5, 0.6) is 0 Å². The van der Waals surface area contributed by atoms with Gasteiger partial charge in [0.25, 0.3) is 5.91 Å². The molecular weight excluding hydrogens is 287 g/mol. The molecule has 0 bridgehead atoms. The number of alkyl halides is 3. The SMILES string of the molecule is CC(C)(O)C(C)(C)Nc1nc(C(F)(F)F)ccc1C(N)=O. The highest BCUT2D eigenvalue weighted by Crippen LogP contribution is 2.32. The predicted octanol–water partition coefficient (Wildman–Crippen LogP) is 2.16. The maximum atomic E-state index is 12.7. The second-order valence-electron chi connectivity index (χ2n) is 5.76. The van der Waals surface area contributed by atoms with Gasteiger partial charge in [-0.1, -0.05) is 0 Å². The van der Waals surface area contributed by atoms with Crippen LogP contribution in [-0.4, -0.2) is 27.1 Å². The molecule has 1 amide bonds. The van der Waals surface area contributed by atoms with Crippen molar-refractivity contribution >= 4 is 11.7 Å². The normalized spacial score (nSPS) is 13.1. The minimum Gasteiger partial charge on any atom is -0.388 e. The Bertz CT molecular complexity index is 549. The quantitative estimate of drug-likeness (QED) is 0.795. The number of hydrogen-bond donors (Lipinski definition) is 3. The summed E-state index contributed by atoms with van der Waals surface area (Å²) in [4.78, 5) is 14.7.